The van der Waals surface area contributed by atoms with Crippen molar-refractivity contribution in [1.82, 2.24) is 10.0 Å². The predicted octanol–water partition coefficient (Wildman–Crippen LogP) is 1.46. The number of fused-ring (bicyclic) bond motifs is 1. The average molecular weight is 410 g/mol. The smallest absolute Gasteiger partial charge is 0.331 e. The number of carbonyl (C=O) groups is 2. The van der Waals surface area contributed by atoms with E-state index in [2.05, 4.69) is 15.0 Å². The zero-order valence-electron chi connectivity index (χ0n) is 16.6. The minimum Gasteiger partial charge on any atom is -0.454 e. The molecule has 0 aliphatic carbocycles. The zero-order valence-corrected chi connectivity index (χ0v) is 17.4. The Bertz CT molecular complexity index is 864. The van der Waals surface area contributed by atoms with Gasteiger partial charge in [-0.3, -0.25) is 14.5 Å². The van der Waals surface area contributed by atoms with Crippen LogP contribution in [-0.2, 0) is 24.3 Å². The van der Waals surface area contributed by atoms with Gasteiger partial charge >= 0.3 is 5.97 Å². The van der Waals surface area contributed by atoms with Gasteiger partial charge < -0.3 is 10.1 Å². The fourth-order valence-corrected chi connectivity index (χ4v) is 3.83. The highest BCUT2D eigenvalue weighted by atomic mass is 32.2. The second-order valence-electron chi connectivity index (χ2n) is 7.22. The molecule has 2 atom stereocenters. The summed E-state index contributed by atoms with van der Waals surface area (Å²) in [5, 5.41) is 2.67. The second kappa shape index (κ2) is 9.18. The molecule has 1 aliphatic heterocycles. The van der Waals surface area contributed by atoms with E-state index < -0.39 is 28.6 Å². The lowest BCUT2D eigenvalue weighted by atomic mass is 9.99. The van der Waals surface area contributed by atoms with Gasteiger partial charge in [0.15, 0.2) is 12.6 Å². The second-order valence-corrected chi connectivity index (χ2v) is 8.87. The van der Waals surface area contributed by atoms with Crippen molar-refractivity contribution >= 4 is 27.7 Å². The molecular weight excluding hydrogens is 382 g/mol. The van der Waals surface area contributed by atoms with Crippen molar-refractivity contribution in [2.24, 2.45) is 16.8 Å². The first kappa shape index (κ1) is 21.9. The van der Waals surface area contributed by atoms with Crippen LogP contribution in [0.3, 0.4) is 0 Å². The highest BCUT2D eigenvalue weighted by Gasteiger charge is 2.33. The molecule has 8 nitrogen and oxygen atoms in total. The molecule has 1 aliphatic rings. The lowest BCUT2D eigenvalue weighted by Crippen LogP contribution is -2.36. The Kier molecular flexibility index (Phi) is 7.17. The Labute approximate surface area is 165 Å². The third kappa shape index (κ3) is 5.31. The zero-order chi connectivity index (χ0) is 20.9. The van der Waals surface area contributed by atoms with Crippen LogP contribution in [0, 0.1) is 11.8 Å². The van der Waals surface area contributed by atoms with Crippen LogP contribution in [0.1, 0.15) is 39.7 Å². The molecule has 2 N–H and O–H groups in total. The van der Waals surface area contributed by atoms with Crippen LogP contribution < -0.4 is 10.0 Å². The van der Waals surface area contributed by atoms with Crippen LogP contribution in [0.25, 0.3) is 0 Å². The number of hydrogen-bond donors (Lipinski definition) is 2. The first-order chi connectivity index (χ1) is 13.2. The Balaban J connectivity index is 2.18. The monoisotopic (exact) mass is 409 g/mol. The number of ether oxygens (including phenoxy) is 1. The van der Waals surface area contributed by atoms with Gasteiger partial charge in [0.25, 0.3) is 15.9 Å². The van der Waals surface area contributed by atoms with Crippen molar-refractivity contribution in [1.29, 1.82) is 0 Å². The van der Waals surface area contributed by atoms with Gasteiger partial charge in [0.1, 0.15) is 5.84 Å². The number of nitrogens with zero attached hydrogens (tertiary/aromatic N) is 1. The van der Waals surface area contributed by atoms with Gasteiger partial charge in [0.05, 0.1) is 4.90 Å². The van der Waals surface area contributed by atoms with Gasteiger partial charge in [-0.25, -0.2) is 13.2 Å². The molecule has 0 fully saturated rings. The van der Waals surface area contributed by atoms with E-state index in [0.717, 1.165) is 0 Å². The summed E-state index contributed by atoms with van der Waals surface area (Å²) in [4.78, 5) is 28.8. The summed E-state index contributed by atoms with van der Waals surface area (Å²) < 4.78 is 32.0. The number of amides is 1. The van der Waals surface area contributed by atoms with E-state index >= 15 is 0 Å². The maximum Gasteiger partial charge on any atom is 0.331 e. The number of nitrogens with one attached hydrogen (secondary N) is 2. The molecule has 0 radical (unpaired) electrons. The molecule has 1 aromatic carbocycles. The number of hydrogen-bond acceptors (Lipinski definition) is 6. The van der Waals surface area contributed by atoms with Gasteiger partial charge in [-0.1, -0.05) is 46.2 Å². The van der Waals surface area contributed by atoms with Crippen molar-refractivity contribution < 1.29 is 22.7 Å². The molecule has 1 heterocycles. The van der Waals surface area contributed by atoms with Gasteiger partial charge in [-0.2, -0.15) is 0 Å². The lowest BCUT2D eigenvalue weighted by molar-refractivity contribution is -0.150. The molecule has 0 saturated heterocycles. The molecule has 1 aromatic rings. The third-order valence-corrected chi connectivity index (χ3v) is 5.81. The number of rotatable bonds is 8. The van der Waals surface area contributed by atoms with Gasteiger partial charge in [-0.05, 0) is 24.0 Å². The maximum absolute atomic E-state index is 12.6. The summed E-state index contributed by atoms with van der Waals surface area (Å²) in [6.07, 6.45) is 0.629. The van der Waals surface area contributed by atoms with Crippen LogP contribution in [0.2, 0.25) is 0 Å². The van der Waals surface area contributed by atoms with E-state index in [-0.39, 0.29) is 28.5 Å². The molecule has 154 valence electrons. The predicted molar refractivity (Wildman–Crippen MR) is 105 cm³/mol. The van der Waals surface area contributed by atoms with Crippen LogP contribution in [-0.4, -0.2) is 45.3 Å². The van der Waals surface area contributed by atoms with E-state index in [9.17, 15) is 18.0 Å². The van der Waals surface area contributed by atoms with E-state index in [4.69, 9.17) is 4.74 Å². The van der Waals surface area contributed by atoms with Crippen LogP contribution in [0.15, 0.2) is 34.2 Å². The number of amidine groups is 1. The van der Waals surface area contributed by atoms with Crippen LogP contribution in [0.4, 0.5) is 0 Å². The normalized spacial score (nSPS) is 18.2. The van der Waals surface area contributed by atoms with E-state index in [1.165, 1.54) is 6.07 Å². The van der Waals surface area contributed by atoms with Crippen molar-refractivity contribution in [3.8, 4) is 0 Å². The molecule has 9 heteroatoms. The summed E-state index contributed by atoms with van der Waals surface area (Å²) in [5.41, 5.74) is 0.415. The topological polar surface area (TPSA) is 114 Å². The van der Waals surface area contributed by atoms with Crippen molar-refractivity contribution in [2.75, 3.05) is 13.2 Å². The van der Waals surface area contributed by atoms with Crippen molar-refractivity contribution in [3.05, 3.63) is 29.8 Å². The molecule has 0 bridgehead atoms. The first-order valence-corrected chi connectivity index (χ1v) is 10.8. The fraction of sp³-hybridized carbons (Fsp3) is 0.526. The van der Waals surface area contributed by atoms with E-state index in [1.54, 1.807) is 18.2 Å². The molecule has 2 rings (SSSR count). The molecule has 0 unspecified atom stereocenters. The third-order valence-electron chi connectivity index (χ3n) is 4.41. The molecule has 1 amide bonds. The maximum atomic E-state index is 12.6. The number of benzene rings is 1. The highest BCUT2D eigenvalue weighted by molar-refractivity contribution is 7.90. The number of carbonyl (C=O) groups excluding carboxylic acids is 2. The van der Waals surface area contributed by atoms with Gasteiger partial charge in [0.2, 0.25) is 0 Å². The van der Waals surface area contributed by atoms with E-state index in [1.807, 2.05) is 27.7 Å². The van der Waals surface area contributed by atoms with Crippen LogP contribution >= 0.6 is 0 Å². The minimum atomic E-state index is -3.70. The average Bonchev–Trinajstić information content (AvgIpc) is 2.92. The summed E-state index contributed by atoms with van der Waals surface area (Å²) >= 11 is 0. The van der Waals surface area contributed by atoms with Crippen molar-refractivity contribution in [3.63, 3.8) is 0 Å². The SMILES string of the molecule is CC[C@H](C)[C@H](N=C1NS(=O)(=O)c2ccccc21)C(=O)OCC(=O)NCC(C)C. The summed E-state index contributed by atoms with van der Waals surface area (Å²) in [6.45, 7) is 7.73. The molecular formula is C19H27N3O5S. The van der Waals surface area contributed by atoms with E-state index in [0.29, 0.717) is 18.5 Å². The molecule has 0 spiro atoms. The molecule has 28 heavy (non-hydrogen) atoms. The van der Waals surface area contributed by atoms with Crippen molar-refractivity contribution in [2.45, 2.75) is 45.1 Å². The Morgan fingerprint density at radius 2 is 1.89 bits per heavy atom. The Morgan fingerprint density at radius 3 is 2.54 bits per heavy atom. The highest BCUT2D eigenvalue weighted by Crippen LogP contribution is 2.24. The Hall–Kier alpha value is -2.42. The standard InChI is InChI=1S/C19H27N3O5S/c1-5-13(4)17(19(24)27-11-16(23)20-10-12(2)3)21-18-14-8-6-7-9-15(14)28(25,26)22-18/h6-9,12-13,17H,5,10-11H2,1-4H3,(H,20,23)(H,21,22)/t13-,17-/m0/s1. The van der Waals surface area contributed by atoms with Gasteiger partial charge in [0, 0.05) is 12.1 Å². The minimum absolute atomic E-state index is 0.113. The Morgan fingerprint density at radius 1 is 1.21 bits per heavy atom. The first-order valence-electron chi connectivity index (χ1n) is 9.29. The fourth-order valence-electron chi connectivity index (χ4n) is 2.60. The number of sulfonamides is 1. The summed E-state index contributed by atoms with van der Waals surface area (Å²) in [6, 6.07) is 5.51. The number of aliphatic imine (C=N–C) groups is 1. The lowest BCUT2D eigenvalue weighted by Gasteiger charge is -2.18. The summed E-state index contributed by atoms with van der Waals surface area (Å²) in [5.74, 6) is -0.845. The number of esters is 1. The largest absolute Gasteiger partial charge is 0.454 e. The molecule has 0 aromatic heterocycles. The summed E-state index contributed by atoms with van der Waals surface area (Å²) in [7, 11) is -3.70. The quantitative estimate of drug-likeness (QED) is 0.631. The van der Waals surface area contributed by atoms with Gasteiger partial charge in [-0.15, -0.1) is 0 Å². The van der Waals surface area contributed by atoms with Crippen LogP contribution in [0.5, 0.6) is 0 Å². The molecule has 0 saturated carbocycles.